The van der Waals surface area contributed by atoms with Crippen molar-refractivity contribution < 1.29 is 4.52 Å². The summed E-state index contributed by atoms with van der Waals surface area (Å²) in [4.78, 5) is 7.04. The van der Waals surface area contributed by atoms with Crippen molar-refractivity contribution in [3.63, 3.8) is 0 Å². The number of benzene rings is 1. The summed E-state index contributed by atoms with van der Waals surface area (Å²) in [5, 5.41) is 14.1. The Kier molecular flexibility index (Phi) is 6.84. The Morgan fingerprint density at radius 2 is 1.77 bits per heavy atom. The van der Waals surface area contributed by atoms with E-state index in [2.05, 4.69) is 74.8 Å². The quantitative estimate of drug-likeness (QED) is 0.485. The van der Waals surface area contributed by atoms with Crippen LogP contribution in [0, 0.1) is 0 Å². The van der Waals surface area contributed by atoms with E-state index in [0.29, 0.717) is 5.89 Å². The minimum absolute atomic E-state index is 0.00607. The number of piperidine rings is 1. The summed E-state index contributed by atoms with van der Waals surface area (Å²) < 4.78 is 7.74. The molecule has 1 aliphatic heterocycles. The highest BCUT2D eigenvalue weighted by molar-refractivity contribution is 7.99. The van der Waals surface area contributed by atoms with Crippen molar-refractivity contribution in [1.82, 2.24) is 29.8 Å². The predicted octanol–water partition coefficient (Wildman–Crippen LogP) is 4.67. The Morgan fingerprint density at radius 3 is 2.47 bits per heavy atom. The maximum atomic E-state index is 5.50. The number of hydrogen-bond donors (Lipinski definition) is 0. The number of hydrogen-bond acceptors (Lipinski definition) is 7. The molecule has 1 saturated heterocycles. The topological polar surface area (TPSA) is 72.9 Å². The maximum absolute atomic E-state index is 5.50. The van der Waals surface area contributed by atoms with Crippen LogP contribution >= 0.6 is 11.8 Å². The minimum Gasteiger partial charge on any atom is -0.338 e. The smallest absolute Gasteiger partial charge is 0.239 e. The highest BCUT2D eigenvalue weighted by Gasteiger charge is 2.23. The van der Waals surface area contributed by atoms with Crippen LogP contribution in [-0.4, -0.2) is 42.9 Å². The first kappa shape index (κ1) is 21.1. The second-order valence-corrected chi connectivity index (χ2v) is 9.52. The van der Waals surface area contributed by atoms with Gasteiger partial charge in [-0.2, -0.15) is 4.98 Å². The number of rotatable bonds is 8. The average molecular weight is 427 g/mol. The molecule has 1 atom stereocenters. The summed E-state index contributed by atoms with van der Waals surface area (Å²) in [5.41, 5.74) is 1.24. The SMILES string of the molecule is CC(C)c1noc(C(C)Sc2nnc(CN3CCCCC3)n2Cc2ccccc2)n1. The molecule has 0 spiro atoms. The van der Waals surface area contributed by atoms with Crippen molar-refractivity contribution in [3.05, 3.63) is 53.4 Å². The van der Waals surface area contributed by atoms with Gasteiger partial charge in [0.2, 0.25) is 5.89 Å². The van der Waals surface area contributed by atoms with Gasteiger partial charge in [-0.15, -0.1) is 10.2 Å². The van der Waals surface area contributed by atoms with Crippen LogP contribution in [-0.2, 0) is 13.1 Å². The first-order chi connectivity index (χ1) is 14.6. The third kappa shape index (κ3) is 5.10. The molecule has 0 bridgehead atoms. The summed E-state index contributed by atoms with van der Waals surface area (Å²) >= 11 is 1.63. The Balaban J connectivity index is 1.56. The summed E-state index contributed by atoms with van der Waals surface area (Å²) in [5.74, 6) is 2.64. The van der Waals surface area contributed by atoms with E-state index in [1.54, 1.807) is 11.8 Å². The van der Waals surface area contributed by atoms with Crippen LogP contribution in [0.4, 0.5) is 0 Å². The lowest BCUT2D eigenvalue weighted by Crippen LogP contribution is -2.30. The lowest BCUT2D eigenvalue weighted by molar-refractivity contribution is 0.213. The molecule has 1 fully saturated rings. The summed E-state index contributed by atoms with van der Waals surface area (Å²) in [6, 6.07) is 10.5. The van der Waals surface area contributed by atoms with Gasteiger partial charge in [-0.05, 0) is 38.4 Å². The highest BCUT2D eigenvalue weighted by atomic mass is 32.2. The summed E-state index contributed by atoms with van der Waals surface area (Å²) in [6.45, 7) is 10.1. The Labute approximate surface area is 182 Å². The zero-order valence-electron chi connectivity index (χ0n) is 18.0. The Bertz CT molecular complexity index is 932. The second kappa shape index (κ2) is 9.75. The van der Waals surface area contributed by atoms with Gasteiger partial charge >= 0.3 is 0 Å². The summed E-state index contributed by atoms with van der Waals surface area (Å²) in [7, 11) is 0. The van der Waals surface area contributed by atoms with Crippen LogP contribution < -0.4 is 0 Å². The summed E-state index contributed by atoms with van der Waals surface area (Å²) in [6.07, 6.45) is 3.86. The molecular formula is C22H30N6OS. The van der Waals surface area contributed by atoms with Crippen molar-refractivity contribution in [3.8, 4) is 0 Å². The Hall–Kier alpha value is -2.19. The minimum atomic E-state index is 0.00607. The largest absolute Gasteiger partial charge is 0.338 e. The molecule has 8 heteroatoms. The number of aromatic nitrogens is 5. The predicted molar refractivity (Wildman–Crippen MR) is 117 cm³/mol. The first-order valence-corrected chi connectivity index (χ1v) is 11.7. The molecule has 0 aliphatic carbocycles. The zero-order valence-corrected chi connectivity index (χ0v) is 18.8. The molecular weight excluding hydrogens is 396 g/mol. The van der Waals surface area contributed by atoms with E-state index in [4.69, 9.17) is 4.52 Å². The molecule has 30 heavy (non-hydrogen) atoms. The number of thioether (sulfide) groups is 1. The van der Waals surface area contributed by atoms with Crippen molar-refractivity contribution in [1.29, 1.82) is 0 Å². The fourth-order valence-corrected chi connectivity index (χ4v) is 4.52. The highest BCUT2D eigenvalue weighted by Crippen LogP contribution is 2.34. The fourth-order valence-electron chi connectivity index (χ4n) is 3.62. The van der Waals surface area contributed by atoms with Crippen molar-refractivity contribution >= 4 is 11.8 Å². The van der Waals surface area contributed by atoms with Crippen LogP contribution in [0.15, 0.2) is 40.0 Å². The third-order valence-corrected chi connectivity index (χ3v) is 6.46. The lowest BCUT2D eigenvalue weighted by Gasteiger charge is -2.26. The normalized spacial score (nSPS) is 16.3. The van der Waals surface area contributed by atoms with E-state index in [1.807, 2.05) is 6.07 Å². The molecule has 1 aliphatic rings. The van der Waals surface area contributed by atoms with E-state index in [9.17, 15) is 0 Å². The molecule has 0 amide bonds. The molecule has 7 nitrogen and oxygen atoms in total. The van der Waals surface area contributed by atoms with Crippen molar-refractivity contribution in [2.75, 3.05) is 13.1 Å². The van der Waals surface area contributed by atoms with Crippen LogP contribution in [0.25, 0.3) is 0 Å². The maximum Gasteiger partial charge on any atom is 0.239 e. The monoisotopic (exact) mass is 426 g/mol. The average Bonchev–Trinajstić information content (AvgIpc) is 3.39. The second-order valence-electron chi connectivity index (χ2n) is 8.21. The van der Waals surface area contributed by atoms with Gasteiger partial charge in [-0.25, -0.2) is 0 Å². The van der Waals surface area contributed by atoms with Crippen molar-refractivity contribution in [2.45, 2.75) is 69.4 Å². The Morgan fingerprint density at radius 1 is 1.00 bits per heavy atom. The lowest BCUT2D eigenvalue weighted by atomic mass is 10.1. The van der Waals surface area contributed by atoms with Gasteiger partial charge in [0, 0.05) is 5.92 Å². The van der Waals surface area contributed by atoms with Gasteiger partial charge in [0.15, 0.2) is 11.0 Å². The van der Waals surface area contributed by atoms with Crippen LogP contribution in [0.5, 0.6) is 0 Å². The molecule has 3 aromatic rings. The van der Waals surface area contributed by atoms with Gasteiger partial charge in [0.1, 0.15) is 5.82 Å². The number of likely N-dealkylation sites (tertiary alicyclic amines) is 1. The van der Waals surface area contributed by atoms with Crippen LogP contribution in [0.3, 0.4) is 0 Å². The van der Waals surface area contributed by atoms with E-state index in [1.165, 1.54) is 24.8 Å². The molecule has 1 unspecified atom stereocenters. The van der Waals surface area contributed by atoms with E-state index >= 15 is 0 Å². The molecule has 4 rings (SSSR count). The molecule has 1 aromatic carbocycles. The van der Waals surface area contributed by atoms with Gasteiger partial charge in [0.05, 0.1) is 18.3 Å². The van der Waals surface area contributed by atoms with Gasteiger partial charge in [-0.1, -0.05) is 67.5 Å². The molecule has 0 N–H and O–H groups in total. The van der Waals surface area contributed by atoms with Gasteiger partial charge in [0.25, 0.3) is 0 Å². The van der Waals surface area contributed by atoms with Crippen molar-refractivity contribution in [2.24, 2.45) is 0 Å². The molecule has 0 saturated carbocycles. The molecule has 3 heterocycles. The van der Waals surface area contributed by atoms with Crippen LogP contribution in [0.2, 0.25) is 0 Å². The zero-order chi connectivity index (χ0) is 20.9. The number of nitrogens with zero attached hydrogens (tertiary/aromatic N) is 6. The van der Waals surface area contributed by atoms with Crippen LogP contribution in [0.1, 0.15) is 74.3 Å². The van der Waals surface area contributed by atoms with Gasteiger partial charge in [-0.3, -0.25) is 4.90 Å². The first-order valence-electron chi connectivity index (χ1n) is 10.8. The molecule has 0 radical (unpaired) electrons. The van der Waals surface area contributed by atoms with E-state index < -0.39 is 0 Å². The standard InChI is InChI=1S/C22H30N6OS/c1-16(2)20-23-21(29-26-20)17(3)30-22-25-24-19(15-27-12-8-5-9-13-27)28(22)14-18-10-6-4-7-11-18/h4,6-7,10-11,16-17H,5,8-9,12-15H2,1-3H3. The fraction of sp³-hybridized carbons (Fsp3) is 0.545. The van der Waals surface area contributed by atoms with E-state index in [0.717, 1.165) is 43.0 Å². The van der Waals surface area contributed by atoms with Gasteiger partial charge < -0.3 is 9.09 Å². The van der Waals surface area contributed by atoms with E-state index in [-0.39, 0.29) is 11.2 Å². The third-order valence-electron chi connectivity index (χ3n) is 5.39. The molecule has 2 aromatic heterocycles. The molecule has 160 valence electrons.